The quantitative estimate of drug-likeness (QED) is 0.393. The van der Waals surface area contributed by atoms with Gasteiger partial charge in [0.05, 0.1) is 5.08 Å². The molecule has 62 valence electrons. The summed E-state index contributed by atoms with van der Waals surface area (Å²) in [5, 5.41) is 0.887. The molecule has 0 aliphatic carbocycles. The van der Waals surface area contributed by atoms with Crippen LogP contribution in [0.2, 0.25) is 0 Å². The van der Waals surface area contributed by atoms with Crippen molar-refractivity contribution in [2.24, 2.45) is 0 Å². The zero-order chi connectivity index (χ0) is 7.98. The SMILES string of the molecule is CCC(C)N(CC)SCS. The van der Waals surface area contributed by atoms with Crippen LogP contribution in [0, 0.1) is 0 Å². The van der Waals surface area contributed by atoms with E-state index in [0.29, 0.717) is 6.04 Å². The van der Waals surface area contributed by atoms with Crippen molar-refractivity contribution in [3.05, 3.63) is 0 Å². The molecule has 0 aromatic heterocycles. The Bertz CT molecular complexity index is 78.0. The summed E-state index contributed by atoms with van der Waals surface area (Å²) in [5.74, 6) is 0. The molecule has 3 heteroatoms. The Balaban J connectivity index is 3.56. The van der Waals surface area contributed by atoms with Crippen molar-refractivity contribution >= 4 is 24.6 Å². The Morgan fingerprint density at radius 2 is 2.10 bits per heavy atom. The average Bonchev–Trinajstić information content (AvgIpc) is 1.99. The topological polar surface area (TPSA) is 3.24 Å². The van der Waals surface area contributed by atoms with Crippen LogP contribution in [0.25, 0.3) is 0 Å². The van der Waals surface area contributed by atoms with Crippen LogP contribution in [0.1, 0.15) is 27.2 Å². The van der Waals surface area contributed by atoms with Crippen molar-refractivity contribution in [3.63, 3.8) is 0 Å². The minimum Gasteiger partial charge on any atom is -0.247 e. The molecule has 0 N–H and O–H groups in total. The molecule has 0 aromatic carbocycles. The van der Waals surface area contributed by atoms with E-state index in [2.05, 4.69) is 37.7 Å². The summed E-state index contributed by atoms with van der Waals surface area (Å²) in [6.07, 6.45) is 1.22. The fourth-order valence-corrected chi connectivity index (χ4v) is 1.99. The van der Waals surface area contributed by atoms with Crippen LogP contribution in [0.5, 0.6) is 0 Å². The van der Waals surface area contributed by atoms with Gasteiger partial charge in [0.1, 0.15) is 0 Å². The second kappa shape index (κ2) is 6.38. The molecule has 1 atom stereocenters. The molecule has 0 spiro atoms. The predicted octanol–water partition coefficient (Wildman–Crippen LogP) is 2.64. The maximum absolute atomic E-state index is 4.17. The lowest BCUT2D eigenvalue weighted by molar-refractivity contribution is 0.381. The third kappa shape index (κ3) is 3.74. The normalized spacial score (nSPS) is 14.1. The van der Waals surface area contributed by atoms with Gasteiger partial charge in [0.2, 0.25) is 0 Å². The van der Waals surface area contributed by atoms with Crippen LogP contribution in [0.15, 0.2) is 0 Å². The Labute approximate surface area is 74.1 Å². The first-order valence-corrected chi connectivity index (χ1v) is 5.34. The van der Waals surface area contributed by atoms with E-state index in [-0.39, 0.29) is 0 Å². The molecular weight excluding hydrogens is 162 g/mol. The van der Waals surface area contributed by atoms with E-state index in [0.717, 1.165) is 11.6 Å². The molecule has 0 radical (unpaired) electrons. The number of nitrogens with zero attached hydrogens (tertiary/aromatic N) is 1. The molecule has 0 rings (SSSR count). The van der Waals surface area contributed by atoms with Gasteiger partial charge in [0.25, 0.3) is 0 Å². The van der Waals surface area contributed by atoms with Gasteiger partial charge < -0.3 is 0 Å². The molecule has 0 fully saturated rings. The lowest BCUT2D eigenvalue weighted by Gasteiger charge is -2.24. The molecule has 0 aliphatic heterocycles. The minimum absolute atomic E-state index is 0.683. The first-order valence-electron chi connectivity index (χ1n) is 3.76. The first kappa shape index (κ1) is 10.7. The van der Waals surface area contributed by atoms with Gasteiger partial charge in [-0.1, -0.05) is 25.8 Å². The Kier molecular flexibility index (Phi) is 6.80. The second-order valence-electron chi connectivity index (χ2n) is 2.25. The predicted molar refractivity (Wildman–Crippen MR) is 53.6 cm³/mol. The fourth-order valence-electron chi connectivity index (χ4n) is 0.808. The minimum atomic E-state index is 0.683. The third-order valence-corrected chi connectivity index (χ3v) is 3.03. The van der Waals surface area contributed by atoms with Crippen LogP contribution >= 0.6 is 24.6 Å². The van der Waals surface area contributed by atoms with Gasteiger partial charge in [-0.3, -0.25) is 0 Å². The molecule has 1 nitrogen and oxygen atoms in total. The summed E-state index contributed by atoms with van der Waals surface area (Å²) in [6.45, 7) is 7.76. The van der Waals surface area contributed by atoms with E-state index >= 15 is 0 Å². The molecule has 1 unspecified atom stereocenters. The molecule has 10 heavy (non-hydrogen) atoms. The number of hydrogen-bond acceptors (Lipinski definition) is 3. The summed E-state index contributed by atoms with van der Waals surface area (Å²) in [6, 6.07) is 0.683. The second-order valence-corrected chi connectivity index (χ2v) is 4.01. The summed E-state index contributed by atoms with van der Waals surface area (Å²) in [7, 11) is 0. The van der Waals surface area contributed by atoms with E-state index in [9.17, 15) is 0 Å². The Morgan fingerprint density at radius 3 is 2.40 bits per heavy atom. The van der Waals surface area contributed by atoms with Crippen molar-refractivity contribution in [2.45, 2.75) is 33.2 Å². The van der Waals surface area contributed by atoms with Gasteiger partial charge in [-0.05, 0) is 13.3 Å². The van der Waals surface area contributed by atoms with Crippen LogP contribution in [0.4, 0.5) is 0 Å². The summed E-state index contributed by atoms with van der Waals surface area (Å²) >= 11 is 5.98. The maximum atomic E-state index is 4.17. The summed E-state index contributed by atoms with van der Waals surface area (Å²) < 4.78 is 2.37. The number of hydrogen-bond donors (Lipinski definition) is 1. The number of thiol groups is 1. The lowest BCUT2D eigenvalue weighted by Crippen LogP contribution is -2.25. The van der Waals surface area contributed by atoms with Gasteiger partial charge in [0, 0.05) is 12.6 Å². The molecule has 0 saturated carbocycles. The Hall–Kier alpha value is 0.660. The lowest BCUT2D eigenvalue weighted by atomic mass is 10.3. The van der Waals surface area contributed by atoms with Gasteiger partial charge in [-0.2, -0.15) is 12.6 Å². The average molecular weight is 179 g/mol. The van der Waals surface area contributed by atoms with Crippen LogP contribution in [-0.4, -0.2) is 22.0 Å². The molecule has 0 aromatic rings. The largest absolute Gasteiger partial charge is 0.247 e. The zero-order valence-electron chi connectivity index (χ0n) is 7.00. The molecule has 0 bridgehead atoms. The van der Waals surface area contributed by atoms with E-state index < -0.39 is 0 Å². The van der Waals surface area contributed by atoms with Crippen molar-refractivity contribution in [2.75, 3.05) is 11.6 Å². The third-order valence-electron chi connectivity index (χ3n) is 1.62. The van der Waals surface area contributed by atoms with Crippen LogP contribution in [-0.2, 0) is 0 Å². The van der Waals surface area contributed by atoms with E-state index in [1.807, 2.05) is 0 Å². The van der Waals surface area contributed by atoms with E-state index in [1.165, 1.54) is 6.42 Å². The zero-order valence-corrected chi connectivity index (χ0v) is 8.71. The number of rotatable bonds is 5. The highest BCUT2D eigenvalue weighted by molar-refractivity contribution is 8.07. The first-order chi connectivity index (χ1) is 4.76. The van der Waals surface area contributed by atoms with Gasteiger partial charge in [0.15, 0.2) is 0 Å². The summed E-state index contributed by atoms with van der Waals surface area (Å²) in [4.78, 5) is 0. The molecule has 0 aliphatic rings. The van der Waals surface area contributed by atoms with E-state index in [1.54, 1.807) is 11.9 Å². The molecular formula is C7H17NS2. The molecule has 0 saturated heterocycles. The van der Waals surface area contributed by atoms with Gasteiger partial charge in [-0.25, -0.2) is 4.31 Å². The Morgan fingerprint density at radius 1 is 1.50 bits per heavy atom. The van der Waals surface area contributed by atoms with Crippen LogP contribution in [0.3, 0.4) is 0 Å². The van der Waals surface area contributed by atoms with Crippen molar-refractivity contribution < 1.29 is 0 Å². The standard InChI is InChI=1S/C7H17NS2/c1-4-7(3)8(5-2)10-6-9/h7,9H,4-6H2,1-3H3. The van der Waals surface area contributed by atoms with Crippen molar-refractivity contribution in [3.8, 4) is 0 Å². The van der Waals surface area contributed by atoms with Crippen molar-refractivity contribution in [1.29, 1.82) is 0 Å². The highest BCUT2D eigenvalue weighted by Gasteiger charge is 2.08. The smallest absolute Gasteiger partial charge is 0.0509 e. The van der Waals surface area contributed by atoms with E-state index in [4.69, 9.17) is 0 Å². The molecule has 0 heterocycles. The molecule has 0 amide bonds. The van der Waals surface area contributed by atoms with Crippen LogP contribution < -0.4 is 0 Å². The van der Waals surface area contributed by atoms with Gasteiger partial charge >= 0.3 is 0 Å². The van der Waals surface area contributed by atoms with Gasteiger partial charge in [-0.15, -0.1) is 0 Å². The fraction of sp³-hybridized carbons (Fsp3) is 1.00. The highest BCUT2D eigenvalue weighted by atomic mass is 32.2. The van der Waals surface area contributed by atoms with Crippen molar-refractivity contribution in [1.82, 2.24) is 4.31 Å². The monoisotopic (exact) mass is 179 g/mol. The summed E-state index contributed by atoms with van der Waals surface area (Å²) in [5.41, 5.74) is 0. The maximum Gasteiger partial charge on any atom is 0.0509 e. The highest BCUT2D eigenvalue weighted by Crippen LogP contribution is 2.16.